The third kappa shape index (κ3) is 2.14. The second-order valence-electron chi connectivity index (χ2n) is 5.86. The molecule has 0 saturated heterocycles. The minimum absolute atomic E-state index is 0.418. The van der Waals surface area contributed by atoms with Gasteiger partial charge in [0.25, 0.3) is 0 Å². The first-order valence-electron chi connectivity index (χ1n) is 6.79. The van der Waals surface area contributed by atoms with E-state index in [9.17, 15) is 0 Å². The van der Waals surface area contributed by atoms with E-state index in [-0.39, 0.29) is 0 Å². The molecule has 0 radical (unpaired) electrons. The number of hydrogen-bond acceptors (Lipinski definition) is 2. The van der Waals surface area contributed by atoms with Gasteiger partial charge in [0.15, 0.2) is 5.65 Å². The highest BCUT2D eigenvalue weighted by Gasteiger charge is 2.16. The summed E-state index contributed by atoms with van der Waals surface area (Å²) >= 11 is 0. The van der Waals surface area contributed by atoms with Gasteiger partial charge < -0.3 is 4.57 Å². The van der Waals surface area contributed by atoms with Crippen LogP contribution in [0.5, 0.6) is 0 Å². The largest absolute Gasteiger partial charge is 0.327 e. The maximum Gasteiger partial charge on any atom is 0.177 e. The van der Waals surface area contributed by atoms with E-state index < -0.39 is 0 Å². The Labute approximate surface area is 109 Å². The molecular formula is C15H23N3. The summed E-state index contributed by atoms with van der Waals surface area (Å²) in [5.41, 5.74) is 4.56. The van der Waals surface area contributed by atoms with Crippen molar-refractivity contribution in [3.63, 3.8) is 0 Å². The lowest BCUT2D eigenvalue weighted by Crippen LogP contribution is -2.04. The van der Waals surface area contributed by atoms with Gasteiger partial charge >= 0.3 is 0 Å². The van der Waals surface area contributed by atoms with E-state index in [1.165, 1.54) is 11.3 Å². The second-order valence-corrected chi connectivity index (χ2v) is 5.86. The van der Waals surface area contributed by atoms with Crippen LogP contribution in [0.1, 0.15) is 70.7 Å². The van der Waals surface area contributed by atoms with Gasteiger partial charge in [0.1, 0.15) is 0 Å². The maximum absolute atomic E-state index is 4.77. The van der Waals surface area contributed by atoms with Gasteiger partial charge in [-0.1, -0.05) is 27.7 Å². The summed E-state index contributed by atoms with van der Waals surface area (Å²) in [7, 11) is 0. The highest BCUT2D eigenvalue weighted by atomic mass is 15.1. The Morgan fingerprint density at radius 3 is 2.17 bits per heavy atom. The van der Waals surface area contributed by atoms with E-state index in [2.05, 4.69) is 57.2 Å². The molecule has 0 aliphatic heterocycles. The van der Waals surface area contributed by atoms with E-state index in [0.29, 0.717) is 17.9 Å². The minimum Gasteiger partial charge on any atom is -0.327 e. The smallest absolute Gasteiger partial charge is 0.177 e. The summed E-state index contributed by atoms with van der Waals surface area (Å²) in [5, 5.41) is 0. The first kappa shape index (κ1) is 13.1. The molecule has 3 nitrogen and oxygen atoms in total. The van der Waals surface area contributed by atoms with Crippen molar-refractivity contribution in [2.24, 2.45) is 0 Å². The van der Waals surface area contributed by atoms with Gasteiger partial charge in [-0.15, -0.1) is 0 Å². The molecule has 0 unspecified atom stereocenters. The lowest BCUT2D eigenvalue weighted by molar-refractivity contribution is 0.617. The number of nitrogens with zero attached hydrogens (tertiary/aromatic N) is 3. The summed E-state index contributed by atoms with van der Waals surface area (Å²) in [5.74, 6) is 0.936. The molecule has 0 aliphatic carbocycles. The number of pyridine rings is 1. The fraction of sp³-hybridized carbons (Fsp3) is 0.600. The Morgan fingerprint density at radius 2 is 1.67 bits per heavy atom. The van der Waals surface area contributed by atoms with Gasteiger partial charge in [-0.3, -0.25) is 0 Å². The van der Waals surface area contributed by atoms with Crippen molar-refractivity contribution in [3.8, 4) is 0 Å². The van der Waals surface area contributed by atoms with Crippen molar-refractivity contribution in [2.45, 2.75) is 59.4 Å². The number of aromatic nitrogens is 3. The second kappa shape index (κ2) is 4.71. The third-order valence-electron chi connectivity index (χ3n) is 3.35. The van der Waals surface area contributed by atoms with Crippen LogP contribution in [0.4, 0.5) is 0 Å². The Balaban J connectivity index is 2.71. The summed E-state index contributed by atoms with van der Waals surface area (Å²) in [6, 6.07) is 2.69. The molecule has 0 aliphatic rings. The molecule has 0 amide bonds. The SMILES string of the molecule is CC(C)c1cc2c(ncn2C(C)C)nc1C(C)C. The van der Waals surface area contributed by atoms with Gasteiger partial charge in [0.2, 0.25) is 0 Å². The minimum atomic E-state index is 0.418. The standard InChI is InChI=1S/C15H23N3/c1-9(2)12-7-13-15(17-14(12)10(3)4)16-8-18(13)11(5)6/h7-11H,1-6H3. The zero-order valence-corrected chi connectivity index (χ0v) is 12.2. The highest BCUT2D eigenvalue weighted by Crippen LogP contribution is 2.28. The van der Waals surface area contributed by atoms with Crippen LogP contribution in [0.3, 0.4) is 0 Å². The molecule has 2 rings (SSSR count). The number of imidazole rings is 1. The quantitative estimate of drug-likeness (QED) is 0.809. The molecule has 0 bridgehead atoms. The monoisotopic (exact) mass is 245 g/mol. The molecule has 0 fully saturated rings. The molecule has 2 heterocycles. The van der Waals surface area contributed by atoms with Gasteiger partial charge in [-0.25, -0.2) is 9.97 Å². The lowest BCUT2D eigenvalue weighted by atomic mass is 9.95. The van der Waals surface area contributed by atoms with Crippen LogP contribution in [0.2, 0.25) is 0 Å². The van der Waals surface area contributed by atoms with Crippen LogP contribution in [0.15, 0.2) is 12.4 Å². The van der Waals surface area contributed by atoms with Gasteiger partial charge in [-0.2, -0.15) is 0 Å². The lowest BCUT2D eigenvalue weighted by Gasteiger charge is -2.16. The van der Waals surface area contributed by atoms with Crippen molar-refractivity contribution in [3.05, 3.63) is 23.7 Å². The first-order chi connectivity index (χ1) is 8.41. The molecule has 2 aromatic rings. The van der Waals surface area contributed by atoms with Gasteiger partial charge in [-0.05, 0) is 37.3 Å². The van der Waals surface area contributed by atoms with Crippen LogP contribution in [-0.2, 0) is 0 Å². The Kier molecular flexibility index (Phi) is 3.42. The molecular weight excluding hydrogens is 222 g/mol. The topological polar surface area (TPSA) is 30.7 Å². The first-order valence-corrected chi connectivity index (χ1v) is 6.79. The van der Waals surface area contributed by atoms with E-state index in [1.807, 2.05) is 6.33 Å². The summed E-state index contributed by atoms with van der Waals surface area (Å²) in [4.78, 5) is 9.20. The van der Waals surface area contributed by atoms with Crippen molar-refractivity contribution in [1.82, 2.24) is 14.5 Å². The molecule has 0 aromatic carbocycles. The van der Waals surface area contributed by atoms with Crippen molar-refractivity contribution >= 4 is 11.2 Å². The van der Waals surface area contributed by atoms with Crippen LogP contribution in [0.25, 0.3) is 11.2 Å². The van der Waals surface area contributed by atoms with Gasteiger partial charge in [0, 0.05) is 11.7 Å². The number of rotatable bonds is 3. The maximum atomic E-state index is 4.77. The van der Waals surface area contributed by atoms with Crippen molar-refractivity contribution in [1.29, 1.82) is 0 Å². The molecule has 0 atom stereocenters. The Bertz CT molecular complexity index is 550. The third-order valence-corrected chi connectivity index (χ3v) is 3.35. The predicted molar refractivity (Wildman–Crippen MR) is 76.1 cm³/mol. The fourth-order valence-electron chi connectivity index (χ4n) is 2.32. The highest BCUT2D eigenvalue weighted by molar-refractivity contribution is 5.72. The van der Waals surface area contributed by atoms with E-state index in [1.54, 1.807) is 0 Å². The molecule has 2 aromatic heterocycles. The summed E-state index contributed by atoms with van der Waals surface area (Å²) < 4.78 is 2.19. The number of hydrogen-bond donors (Lipinski definition) is 0. The summed E-state index contributed by atoms with van der Waals surface area (Å²) in [6.07, 6.45) is 1.90. The average Bonchev–Trinajstić information content (AvgIpc) is 2.69. The molecule has 3 heteroatoms. The molecule has 0 spiro atoms. The molecule has 0 saturated carbocycles. The van der Waals surface area contributed by atoms with E-state index in [4.69, 9.17) is 4.98 Å². The zero-order chi connectivity index (χ0) is 13.4. The molecule has 98 valence electrons. The number of fused-ring (bicyclic) bond motifs is 1. The Morgan fingerprint density at radius 1 is 1.00 bits per heavy atom. The zero-order valence-electron chi connectivity index (χ0n) is 12.2. The van der Waals surface area contributed by atoms with E-state index >= 15 is 0 Å². The molecule has 0 N–H and O–H groups in total. The fourth-order valence-corrected chi connectivity index (χ4v) is 2.32. The summed E-state index contributed by atoms with van der Waals surface area (Å²) in [6.45, 7) is 13.2. The van der Waals surface area contributed by atoms with Crippen LogP contribution < -0.4 is 0 Å². The predicted octanol–water partition coefficient (Wildman–Crippen LogP) is 4.26. The van der Waals surface area contributed by atoms with Crippen LogP contribution >= 0.6 is 0 Å². The normalized spacial score (nSPS) is 12.3. The average molecular weight is 245 g/mol. The van der Waals surface area contributed by atoms with Crippen LogP contribution in [0, 0.1) is 0 Å². The van der Waals surface area contributed by atoms with Crippen molar-refractivity contribution < 1.29 is 0 Å². The Hall–Kier alpha value is -1.38. The van der Waals surface area contributed by atoms with E-state index in [0.717, 1.165) is 11.2 Å². The van der Waals surface area contributed by atoms with Crippen molar-refractivity contribution in [2.75, 3.05) is 0 Å². The van der Waals surface area contributed by atoms with Gasteiger partial charge in [0.05, 0.1) is 11.8 Å². The van der Waals surface area contributed by atoms with Crippen LogP contribution in [-0.4, -0.2) is 14.5 Å². The molecule has 18 heavy (non-hydrogen) atoms.